The number of aromatic nitrogens is 1. The van der Waals surface area contributed by atoms with E-state index in [-0.39, 0.29) is 39.1 Å². The molecule has 1 aliphatic rings. The van der Waals surface area contributed by atoms with Crippen LogP contribution >= 0.6 is 11.6 Å². The monoisotopic (exact) mass is 519 g/mol. The zero-order chi connectivity index (χ0) is 25.3. The molecule has 2 N–H and O–H groups in total. The highest BCUT2D eigenvalue weighted by molar-refractivity contribution is 7.87. The van der Waals surface area contributed by atoms with Gasteiger partial charge in [-0.05, 0) is 48.2 Å². The fourth-order valence-corrected chi connectivity index (χ4v) is 5.66. The Hall–Kier alpha value is -3.04. The number of hydrogen-bond donors (Lipinski definition) is 2. The van der Waals surface area contributed by atoms with Crippen LogP contribution in [-0.4, -0.2) is 28.2 Å². The maximum absolute atomic E-state index is 14.8. The molecule has 7 nitrogen and oxygen atoms in total. The standard InChI is InChI=1S/C25H27ClFN3O4S/c1-5-14-9-10-19(18(27)11-14)28-24-22(23(34-4)21(26)25(31)30(24)2)29-35(32)20-13-17(20)15-7-6-8-16(12-15)33-3/h6-12,17,20,28-29H,5,13H2,1-4H3. The van der Waals surface area contributed by atoms with Crippen molar-refractivity contribution in [2.24, 2.45) is 7.05 Å². The maximum atomic E-state index is 14.8. The van der Waals surface area contributed by atoms with E-state index >= 15 is 0 Å². The number of hydrogen-bond acceptors (Lipinski definition) is 5. The Morgan fingerprint density at radius 2 is 1.97 bits per heavy atom. The highest BCUT2D eigenvalue weighted by atomic mass is 35.5. The highest BCUT2D eigenvalue weighted by Crippen LogP contribution is 2.47. The van der Waals surface area contributed by atoms with Crippen LogP contribution in [0.25, 0.3) is 0 Å². The van der Waals surface area contributed by atoms with E-state index < -0.39 is 22.4 Å². The lowest BCUT2D eigenvalue weighted by Crippen LogP contribution is -2.24. The number of aryl methyl sites for hydroxylation is 1. The van der Waals surface area contributed by atoms with Crippen LogP contribution in [0.15, 0.2) is 47.3 Å². The second-order valence-electron chi connectivity index (χ2n) is 8.28. The first-order chi connectivity index (χ1) is 16.8. The lowest BCUT2D eigenvalue weighted by Gasteiger charge is -2.21. The molecule has 0 aliphatic heterocycles. The molecule has 1 heterocycles. The first-order valence-corrected chi connectivity index (χ1v) is 12.7. The van der Waals surface area contributed by atoms with E-state index in [0.717, 1.165) is 16.9 Å². The summed E-state index contributed by atoms with van der Waals surface area (Å²) in [4.78, 5) is 12.7. The topological polar surface area (TPSA) is 81.6 Å². The molecule has 0 amide bonds. The van der Waals surface area contributed by atoms with Gasteiger partial charge in [0.15, 0.2) is 10.8 Å². The molecule has 1 fully saturated rings. The lowest BCUT2D eigenvalue weighted by atomic mass is 10.1. The van der Waals surface area contributed by atoms with E-state index in [0.29, 0.717) is 12.8 Å². The Kier molecular flexibility index (Phi) is 7.37. The van der Waals surface area contributed by atoms with Crippen LogP contribution in [0.1, 0.15) is 30.4 Å². The molecule has 0 spiro atoms. The van der Waals surface area contributed by atoms with Crippen molar-refractivity contribution >= 4 is 39.8 Å². The summed E-state index contributed by atoms with van der Waals surface area (Å²) >= 11 is 6.27. The highest BCUT2D eigenvalue weighted by Gasteiger charge is 2.44. The maximum Gasteiger partial charge on any atom is 0.274 e. The molecule has 1 aromatic heterocycles. The Bertz CT molecular complexity index is 1350. The third-order valence-corrected chi connectivity index (χ3v) is 7.93. The van der Waals surface area contributed by atoms with E-state index in [9.17, 15) is 13.4 Å². The van der Waals surface area contributed by atoms with Gasteiger partial charge in [-0.1, -0.05) is 36.7 Å². The molecule has 186 valence electrons. The van der Waals surface area contributed by atoms with Gasteiger partial charge in [-0.25, -0.2) is 8.60 Å². The Morgan fingerprint density at radius 3 is 2.63 bits per heavy atom. The fourth-order valence-electron chi connectivity index (χ4n) is 3.98. The van der Waals surface area contributed by atoms with Crippen LogP contribution in [0, 0.1) is 5.82 Å². The summed E-state index contributed by atoms with van der Waals surface area (Å²) in [6.07, 6.45) is 1.40. The van der Waals surface area contributed by atoms with Crippen LogP contribution in [0.3, 0.4) is 0 Å². The smallest absolute Gasteiger partial charge is 0.274 e. The van der Waals surface area contributed by atoms with Crippen molar-refractivity contribution in [1.29, 1.82) is 0 Å². The van der Waals surface area contributed by atoms with Crippen LogP contribution in [0.4, 0.5) is 21.6 Å². The molecule has 10 heteroatoms. The second kappa shape index (κ2) is 10.3. The van der Waals surface area contributed by atoms with Crippen molar-refractivity contribution in [2.45, 2.75) is 30.9 Å². The molecule has 35 heavy (non-hydrogen) atoms. The molecular weight excluding hydrogens is 493 g/mol. The van der Waals surface area contributed by atoms with Crippen LogP contribution in [-0.2, 0) is 24.5 Å². The van der Waals surface area contributed by atoms with Gasteiger partial charge >= 0.3 is 0 Å². The molecule has 1 aliphatic carbocycles. The Balaban J connectivity index is 1.67. The zero-order valence-electron chi connectivity index (χ0n) is 19.9. The van der Waals surface area contributed by atoms with E-state index in [4.69, 9.17) is 21.1 Å². The Morgan fingerprint density at radius 1 is 1.20 bits per heavy atom. The summed E-state index contributed by atoms with van der Waals surface area (Å²) in [5.74, 6) is 0.572. The lowest BCUT2D eigenvalue weighted by molar-refractivity contribution is 0.414. The number of rotatable bonds is 9. The van der Waals surface area contributed by atoms with Gasteiger partial charge in [0.1, 0.15) is 34.1 Å². The van der Waals surface area contributed by atoms with Crippen molar-refractivity contribution in [1.82, 2.24) is 4.57 Å². The number of nitrogens with zero attached hydrogens (tertiary/aromatic N) is 1. The van der Waals surface area contributed by atoms with Crippen molar-refractivity contribution < 1.29 is 18.1 Å². The van der Waals surface area contributed by atoms with E-state index in [1.165, 1.54) is 24.8 Å². The first kappa shape index (κ1) is 25.1. The summed E-state index contributed by atoms with van der Waals surface area (Å²) in [7, 11) is 2.93. The number of ether oxygens (including phenoxy) is 2. The molecule has 3 atom stereocenters. The van der Waals surface area contributed by atoms with Gasteiger partial charge in [0, 0.05) is 13.0 Å². The number of pyridine rings is 1. The van der Waals surface area contributed by atoms with Crippen LogP contribution < -0.4 is 25.1 Å². The van der Waals surface area contributed by atoms with Gasteiger partial charge in [0.2, 0.25) is 0 Å². The quantitative estimate of drug-likeness (QED) is 0.409. The largest absolute Gasteiger partial charge is 0.497 e. The second-order valence-corrected chi connectivity index (χ2v) is 10.1. The molecule has 3 aromatic rings. The predicted molar refractivity (Wildman–Crippen MR) is 138 cm³/mol. The van der Waals surface area contributed by atoms with Crippen molar-refractivity contribution in [3.05, 3.63) is 74.8 Å². The van der Waals surface area contributed by atoms with E-state index in [1.54, 1.807) is 19.2 Å². The van der Waals surface area contributed by atoms with Gasteiger partial charge in [0.05, 0.1) is 25.2 Å². The minimum atomic E-state index is -1.54. The van der Waals surface area contributed by atoms with Crippen LogP contribution in [0.2, 0.25) is 5.02 Å². The molecule has 0 radical (unpaired) electrons. The van der Waals surface area contributed by atoms with E-state index in [2.05, 4.69) is 10.0 Å². The third-order valence-electron chi connectivity index (χ3n) is 6.12. The fraction of sp³-hybridized carbons (Fsp3) is 0.320. The summed E-state index contributed by atoms with van der Waals surface area (Å²) in [6, 6.07) is 12.5. The average Bonchev–Trinajstić information content (AvgIpc) is 3.67. The molecule has 3 unspecified atom stereocenters. The SMILES string of the molecule is CCc1ccc(Nc2c(NS(=O)C3CC3c3cccc(OC)c3)c(OC)c(Cl)c(=O)n2C)c(F)c1. The normalized spacial score (nSPS) is 17.5. The minimum Gasteiger partial charge on any atom is -0.497 e. The summed E-state index contributed by atoms with van der Waals surface area (Å²) < 4.78 is 43.0. The van der Waals surface area contributed by atoms with Crippen molar-refractivity contribution in [3.63, 3.8) is 0 Å². The van der Waals surface area contributed by atoms with Gasteiger partial charge in [-0.15, -0.1) is 0 Å². The number of methoxy groups -OCH3 is 2. The van der Waals surface area contributed by atoms with Gasteiger partial charge < -0.3 is 14.8 Å². The average molecular weight is 520 g/mol. The van der Waals surface area contributed by atoms with Gasteiger partial charge in [-0.2, -0.15) is 0 Å². The summed E-state index contributed by atoms with van der Waals surface area (Å²) in [5.41, 5.74) is 1.72. The predicted octanol–water partition coefficient (Wildman–Crippen LogP) is 5.13. The molecule has 4 rings (SSSR count). The number of anilines is 3. The van der Waals surface area contributed by atoms with E-state index in [1.807, 2.05) is 31.2 Å². The minimum absolute atomic E-state index is 0.0368. The van der Waals surface area contributed by atoms with Crippen LogP contribution in [0.5, 0.6) is 11.5 Å². The summed E-state index contributed by atoms with van der Waals surface area (Å²) in [6.45, 7) is 1.93. The van der Waals surface area contributed by atoms with Crippen molar-refractivity contribution in [2.75, 3.05) is 24.3 Å². The zero-order valence-corrected chi connectivity index (χ0v) is 21.4. The number of nitrogens with one attached hydrogen (secondary N) is 2. The molecule has 0 bridgehead atoms. The summed E-state index contributed by atoms with van der Waals surface area (Å²) in [5, 5.41) is 2.63. The third kappa shape index (κ3) is 5.01. The molecule has 1 saturated carbocycles. The molecular formula is C25H27ClFN3O4S. The Labute approximate surface area is 210 Å². The number of halogens is 2. The first-order valence-electron chi connectivity index (χ1n) is 11.1. The van der Waals surface area contributed by atoms with Gasteiger partial charge in [-0.3, -0.25) is 14.1 Å². The number of benzene rings is 2. The molecule has 2 aromatic carbocycles. The van der Waals surface area contributed by atoms with Gasteiger partial charge in [0.25, 0.3) is 5.56 Å². The molecule has 0 saturated heterocycles. The van der Waals surface area contributed by atoms with Crippen molar-refractivity contribution in [3.8, 4) is 11.5 Å².